The van der Waals surface area contributed by atoms with Crippen molar-refractivity contribution in [2.75, 3.05) is 13.1 Å². The van der Waals surface area contributed by atoms with Crippen molar-refractivity contribution in [3.8, 4) is 11.1 Å². The molecule has 0 aliphatic carbocycles. The molecule has 1 aliphatic rings. The first kappa shape index (κ1) is 21.1. The number of carbonyl (C=O) groups is 1. The summed E-state index contributed by atoms with van der Waals surface area (Å²) < 4.78 is 1.55. The molecule has 3 aromatic rings. The molecule has 5 nitrogen and oxygen atoms in total. The fraction of sp³-hybridized carbons (Fsp3) is 0.308. The van der Waals surface area contributed by atoms with E-state index in [-0.39, 0.29) is 17.9 Å². The van der Waals surface area contributed by atoms with E-state index in [1.165, 1.54) is 37.6 Å². The second-order valence-corrected chi connectivity index (χ2v) is 8.10. The summed E-state index contributed by atoms with van der Waals surface area (Å²) >= 11 is 0. The summed E-state index contributed by atoms with van der Waals surface area (Å²) in [6.45, 7) is 4.26. The van der Waals surface area contributed by atoms with Gasteiger partial charge in [0.25, 0.3) is 5.56 Å². The van der Waals surface area contributed by atoms with Gasteiger partial charge in [-0.05, 0) is 54.3 Å². The van der Waals surface area contributed by atoms with Crippen molar-refractivity contribution in [1.29, 1.82) is 0 Å². The Kier molecular flexibility index (Phi) is 6.95. The van der Waals surface area contributed by atoms with Gasteiger partial charge in [0.2, 0.25) is 5.91 Å². The molecule has 0 bridgehead atoms. The van der Waals surface area contributed by atoms with Crippen LogP contribution in [-0.4, -0.2) is 28.5 Å². The number of benzene rings is 2. The van der Waals surface area contributed by atoms with Gasteiger partial charge in [0.15, 0.2) is 0 Å². The zero-order chi connectivity index (χ0) is 21.5. The van der Waals surface area contributed by atoms with Crippen LogP contribution in [0.1, 0.15) is 30.4 Å². The number of pyridine rings is 1. The van der Waals surface area contributed by atoms with Crippen molar-refractivity contribution >= 4 is 5.91 Å². The van der Waals surface area contributed by atoms with Gasteiger partial charge in [-0.1, -0.05) is 54.6 Å². The third-order valence-corrected chi connectivity index (χ3v) is 5.84. The summed E-state index contributed by atoms with van der Waals surface area (Å²) in [6, 6.07) is 21.9. The van der Waals surface area contributed by atoms with Crippen molar-refractivity contribution < 1.29 is 4.79 Å². The standard InChI is InChI=1S/C26H29N3O2/c30-25(14-18-29-17-4-3-9-26(29)31)27-19-23-7-1-2-8-24(23)22-12-10-21(11-13-22)20-28-15-5-6-16-28/h1-4,7-13,17H,5-6,14-16,18-20H2,(H,27,30). The Morgan fingerprint density at radius 3 is 2.42 bits per heavy atom. The van der Waals surface area contributed by atoms with Crippen LogP contribution in [0.4, 0.5) is 0 Å². The van der Waals surface area contributed by atoms with Gasteiger partial charge in [0.1, 0.15) is 0 Å². The van der Waals surface area contributed by atoms with E-state index in [4.69, 9.17) is 0 Å². The largest absolute Gasteiger partial charge is 0.352 e. The summed E-state index contributed by atoms with van der Waals surface area (Å²) in [5.41, 5.74) is 4.63. The second-order valence-electron chi connectivity index (χ2n) is 8.10. The maximum absolute atomic E-state index is 12.3. The van der Waals surface area contributed by atoms with E-state index in [0.717, 1.165) is 23.2 Å². The molecule has 2 heterocycles. The third-order valence-electron chi connectivity index (χ3n) is 5.84. The Hall–Kier alpha value is -3.18. The molecule has 1 N–H and O–H groups in total. The number of aromatic nitrogens is 1. The minimum absolute atomic E-state index is 0.0634. The molecule has 1 saturated heterocycles. The highest BCUT2D eigenvalue weighted by Crippen LogP contribution is 2.25. The lowest BCUT2D eigenvalue weighted by Crippen LogP contribution is -2.26. The van der Waals surface area contributed by atoms with Crippen molar-refractivity contribution in [3.05, 3.63) is 94.4 Å². The van der Waals surface area contributed by atoms with Gasteiger partial charge in [-0.2, -0.15) is 0 Å². The number of nitrogens with one attached hydrogen (secondary N) is 1. The van der Waals surface area contributed by atoms with E-state index in [1.54, 1.807) is 22.9 Å². The second kappa shape index (κ2) is 10.2. The van der Waals surface area contributed by atoms with Crippen LogP contribution in [0.25, 0.3) is 11.1 Å². The zero-order valence-electron chi connectivity index (χ0n) is 17.8. The predicted octanol–water partition coefficient (Wildman–Crippen LogP) is 3.82. The molecule has 0 saturated carbocycles. The fourth-order valence-electron chi connectivity index (χ4n) is 4.09. The van der Waals surface area contributed by atoms with Gasteiger partial charge in [-0.3, -0.25) is 14.5 Å². The molecule has 0 radical (unpaired) electrons. The number of amides is 1. The van der Waals surface area contributed by atoms with Crippen molar-refractivity contribution in [1.82, 2.24) is 14.8 Å². The van der Waals surface area contributed by atoms with Crippen LogP contribution >= 0.6 is 0 Å². The van der Waals surface area contributed by atoms with E-state index in [0.29, 0.717) is 13.1 Å². The molecule has 4 rings (SSSR count). The predicted molar refractivity (Wildman–Crippen MR) is 124 cm³/mol. The van der Waals surface area contributed by atoms with Crippen LogP contribution in [0.15, 0.2) is 77.7 Å². The number of hydrogen-bond donors (Lipinski definition) is 1. The van der Waals surface area contributed by atoms with Gasteiger partial charge in [0, 0.05) is 38.3 Å². The van der Waals surface area contributed by atoms with Crippen LogP contribution in [0.3, 0.4) is 0 Å². The smallest absolute Gasteiger partial charge is 0.250 e. The highest BCUT2D eigenvalue weighted by molar-refractivity contribution is 5.76. The molecule has 1 amide bonds. The molecule has 0 spiro atoms. The summed E-state index contributed by atoms with van der Waals surface area (Å²) in [5.74, 6) is -0.0634. The first-order chi connectivity index (χ1) is 15.2. The summed E-state index contributed by atoms with van der Waals surface area (Å²) in [5, 5.41) is 3.00. The van der Waals surface area contributed by atoms with Crippen molar-refractivity contribution in [3.63, 3.8) is 0 Å². The lowest BCUT2D eigenvalue weighted by atomic mass is 9.98. The molecule has 1 aliphatic heterocycles. The Balaban J connectivity index is 1.36. The SMILES string of the molecule is O=C(CCn1ccccc1=O)NCc1ccccc1-c1ccc(CN2CCCC2)cc1. The first-order valence-corrected chi connectivity index (χ1v) is 11.0. The minimum atomic E-state index is -0.0891. The normalized spacial score (nSPS) is 13.9. The van der Waals surface area contributed by atoms with E-state index in [2.05, 4.69) is 46.6 Å². The van der Waals surface area contributed by atoms with Gasteiger partial charge < -0.3 is 9.88 Å². The average molecular weight is 416 g/mol. The highest BCUT2D eigenvalue weighted by atomic mass is 16.1. The fourth-order valence-corrected chi connectivity index (χ4v) is 4.09. The summed E-state index contributed by atoms with van der Waals surface area (Å²) in [6.07, 6.45) is 4.59. The Labute approximate surface area is 183 Å². The summed E-state index contributed by atoms with van der Waals surface area (Å²) in [7, 11) is 0. The molecular weight excluding hydrogens is 386 g/mol. The van der Waals surface area contributed by atoms with Gasteiger partial charge in [-0.25, -0.2) is 0 Å². The third kappa shape index (κ3) is 5.70. The molecule has 0 atom stereocenters. The van der Waals surface area contributed by atoms with Gasteiger partial charge in [0.05, 0.1) is 0 Å². The monoisotopic (exact) mass is 415 g/mol. The Morgan fingerprint density at radius 2 is 1.65 bits per heavy atom. The molecular formula is C26H29N3O2. The van der Waals surface area contributed by atoms with Crippen LogP contribution < -0.4 is 10.9 Å². The average Bonchev–Trinajstić information content (AvgIpc) is 3.31. The quantitative estimate of drug-likeness (QED) is 0.609. The van der Waals surface area contributed by atoms with Crippen molar-refractivity contribution in [2.45, 2.75) is 38.9 Å². The first-order valence-electron chi connectivity index (χ1n) is 11.0. The molecule has 5 heteroatoms. The van der Waals surface area contributed by atoms with Crippen LogP contribution in [0.5, 0.6) is 0 Å². The maximum atomic E-state index is 12.3. The van der Waals surface area contributed by atoms with E-state index < -0.39 is 0 Å². The number of rotatable bonds is 8. The number of carbonyl (C=O) groups excluding carboxylic acids is 1. The van der Waals surface area contributed by atoms with E-state index in [9.17, 15) is 9.59 Å². The molecule has 31 heavy (non-hydrogen) atoms. The van der Waals surface area contributed by atoms with Crippen LogP contribution in [-0.2, 0) is 24.4 Å². The number of aryl methyl sites for hydroxylation is 1. The minimum Gasteiger partial charge on any atom is -0.352 e. The van der Waals surface area contributed by atoms with Gasteiger partial charge in [-0.15, -0.1) is 0 Å². The van der Waals surface area contributed by atoms with Gasteiger partial charge >= 0.3 is 0 Å². The van der Waals surface area contributed by atoms with E-state index in [1.807, 2.05) is 12.1 Å². The Morgan fingerprint density at radius 1 is 0.903 bits per heavy atom. The zero-order valence-corrected chi connectivity index (χ0v) is 17.8. The lowest BCUT2D eigenvalue weighted by molar-refractivity contribution is -0.121. The molecule has 160 valence electrons. The summed E-state index contributed by atoms with van der Waals surface area (Å²) in [4.78, 5) is 26.6. The number of likely N-dealkylation sites (tertiary alicyclic amines) is 1. The molecule has 0 unspecified atom stereocenters. The maximum Gasteiger partial charge on any atom is 0.250 e. The van der Waals surface area contributed by atoms with Crippen LogP contribution in [0.2, 0.25) is 0 Å². The highest BCUT2D eigenvalue weighted by Gasteiger charge is 2.12. The molecule has 1 fully saturated rings. The number of hydrogen-bond acceptors (Lipinski definition) is 3. The van der Waals surface area contributed by atoms with Crippen molar-refractivity contribution in [2.24, 2.45) is 0 Å². The Bertz CT molecular complexity index is 1070. The number of nitrogens with zero attached hydrogens (tertiary/aromatic N) is 2. The topological polar surface area (TPSA) is 54.3 Å². The lowest BCUT2D eigenvalue weighted by Gasteiger charge is -2.15. The van der Waals surface area contributed by atoms with Crippen LogP contribution in [0, 0.1) is 0 Å². The van der Waals surface area contributed by atoms with E-state index >= 15 is 0 Å². The molecule has 2 aromatic carbocycles. The molecule has 1 aromatic heterocycles.